The van der Waals surface area contributed by atoms with Crippen LogP contribution >= 0.6 is 15.9 Å². The zero-order valence-corrected chi connectivity index (χ0v) is 17.0. The van der Waals surface area contributed by atoms with Crippen LogP contribution < -0.4 is 10.6 Å². The molecule has 6 nitrogen and oxygen atoms in total. The molecule has 0 unspecified atom stereocenters. The van der Waals surface area contributed by atoms with Gasteiger partial charge in [-0.15, -0.1) is 0 Å². The Bertz CT molecular complexity index is 806. The minimum Gasteiger partial charge on any atom is -0.323 e. The second-order valence-electron chi connectivity index (χ2n) is 6.92. The van der Waals surface area contributed by atoms with E-state index in [9.17, 15) is 9.59 Å². The normalized spacial score (nSPS) is 16.4. The summed E-state index contributed by atoms with van der Waals surface area (Å²) in [7, 11) is 0. The Hall–Kier alpha value is -2.41. The zero-order valence-electron chi connectivity index (χ0n) is 15.4. The lowest BCUT2D eigenvalue weighted by Crippen LogP contribution is -2.45. The standard InChI is InChI=1S/C20H23BrN4O2/c1-13(2)14-5-7-15(8-6-14)24-20(27)25-11-3-4-17(25)19(26)23-16-9-10-18(21)22-12-16/h5-10,12-13,17H,3-4,11H2,1-2H3,(H,23,26)(H,24,27)/t17-/m1/s1. The van der Waals surface area contributed by atoms with Crippen LogP contribution in [0.5, 0.6) is 0 Å². The predicted molar refractivity (Wildman–Crippen MR) is 110 cm³/mol. The average Bonchev–Trinajstić information content (AvgIpc) is 3.14. The van der Waals surface area contributed by atoms with Gasteiger partial charge in [0.2, 0.25) is 5.91 Å². The largest absolute Gasteiger partial charge is 0.323 e. The van der Waals surface area contributed by atoms with Gasteiger partial charge in [0.1, 0.15) is 10.6 Å². The SMILES string of the molecule is CC(C)c1ccc(NC(=O)N2CCC[C@@H]2C(=O)Nc2ccc(Br)nc2)cc1. The quantitative estimate of drug-likeness (QED) is 0.695. The van der Waals surface area contributed by atoms with Crippen LogP contribution in [0.25, 0.3) is 0 Å². The number of likely N-dealkylation sites (tertiary alicyclic amines) is 1. The summed E-state index contributed by atoms with van der Waals surface area (Å²) in [5, 5.41) is 5.73. The highest BCUT2D eigenvalue weighted by molar-refractivity contribution is 9.10. The van der Waals surface area contributed by atoms with Crippen LogP contribution in [-0.4, -0.2) is 34.4 Å². The third-order valence-corrected chi connectivity index (χ3v) is 5.11. The van der Waals surface area contributed by atoms with Crippen molar-refractivity contribution in [3.8, 4) is 0 Å². The fourth-order valence-corrected chi connectivity index (χ4v) is 3.34. The molecule has 1 aliphatic heterocycles. The minimum absolute atomic E-state index is 0.193. The molecule has 0 aliphatic carbocycles. The van der Waals surface area contributed by atoms with Crippen molar-refractivity contribution < 1.29 is 9.59 Å². The summed E-state index contributed by atoms with van der Waals surface area (Å²) in [6, 6.07) is 10.6. The molecule has 1 saturated heterocycles. The van der Waals surface area contributed by atoms with Gasteiger partial charge in [0.25, 0.3) is 0 Å². The molecule has 2 heterocycles. The van der Waals surface area contributed by atoms with Gasteiger partial charge >= 0.3 is 6.03 Å². The molecular formula is C20H23BrN4O2. The van der Waals surface area contributed by atoms with Crippen LogP contribution in [0.1, 0.15) is 38.2 Å². The summed E-state index contributed by atoms with van der Waals surface area (Å²) < 4.78 is 0.700. The van der Waals surface area contributed by atoms with Crippen LogP contribution in [0, 0.1) is 0 Å². The highest BCUT2D eigenvalue weighted by Crippen LogP contribution is 2.22. The van der Waals surface area contributed by atoms with E-state index in [2.05, 4.69) is 45.4 Å². The number of nitrogens with zero attached hydrogens (tertiary/aromatic N) is 2. The van der Waals surface area contributed by atoms with Gasteiger partial charge in [-0.3, -0.25) is 4.79 Å². The van der Waals surface area contributed by atoms with Crippen molar-refractivity contribution in [1.82, 2.24) is 9.88 Å². The lowest BCUT2D eigenvalue weighted by Gasteiger charge is -2.24. The summed E-state index contributed by atoms with van der Waals surface area (Å²) in [6.07, 6.45) is 3.03. The predicted octanol–water partition coefficient (Wildman–Crippen LogP) is 4.60. The molecule has 0 spiro atoms. The minimum atomic E-state index is -0.483. The third kappa shape index (κ3) is 4.86. The lowest BCUT2D eigenvalue weighted by molar-refractivity contribution is -0.119. The highest BCUT2D eigenvalue weighted by atomic mass is 79.9. The van der Waals surface area contributed by atoms with Crippen molar-refractivity contribution in [1.29, 1.82) is 0 Å². The van der Waals surface area contributed by atoms with Crippen LogP contribution in [0.3, 0.4) is 0 Å². The fraction of sp³-hybridized carbons (Fsp3) is 0.350. The number of amides is 3. The van der Waals surface area contributed by atoms with E-state index in [1.54, 1.807) is 23.2 Å². The van der Waals surface area contributed by atoms with Crippen molar-refractivity contribution in [2.75, 3.05) is 17.2 Å². The molecule has 142 valence electrons. The Kier molecular flexibility index (Phi) is 6.11. The molecule has 3 rings (SSSR count). The molecule has 1 aliphatic rings. The number of halogens is 1. The highest BCUT2D eigenvalue weighted by Gasteiger charge is 2.34. The van der Waals surface area contributed by atoms with Gasteiger partial charge in [-0.1, -0.05) is 26.0 Å². The first-order valence-electron chi connectivity index (χ1n) is 9.04. The average molecular weight is 431 g/mol. The van der Waals surface area contributed by atoms with Crippen LogP contribution in [0.2, 0.25) is 0 Å². The number of aromatic nitrogens is 1. The zero-order chi connectivity index (χ0) is 19.4. The summed E-state index contributed by atoms with van der Waals surface area (Å²) in [5.41, 5.74) is 2.56. The van der Waals surface area contributed by atoms with Gasteiger partial charge in [-0.05, 0) is 64.5 Å². The van der Waals surface area contributed by atoms with Crippen LogP contribution in [0.15, 0.2) is 47.2 Å². The van der Waals surface area contributed by atoms with Crippen LogP contribution in [0.4, 0.5) is 16.2 Å². The molecule has 2 aromatic rings. The number of pyridine rings is 1. The first kappa shape index (κ1) is 19.4. The molecule has 7 heteroatoms. The van der Waals surface area contributed by atoms with E-state index in [0.717, 1.165) is 12.1 Å². The first-order chi connectivity index (χ1) is 12.9. The van der Waals surface area contributed by atoms with Crippen LogP contribution in [-0.2, 0) is 4.79 Å². The van der Waals surface area contributed by atoms with E-state index in [0.29, 0.717) is 29.2 Å². The van der Waals surface area contributed by atoms with Crippen molar-refractivity contribution >= 4 is 39.2 Å². The number of rotatable bonds is 4. The number of carbonyl (C=O) groups excluding carboxylic acids is 2. The second-order valence-corrected chi connectivity index (χ2v) is 7.73. The summed E-state index contributed by atoms with van der Waals surface area (Å²) in [5.74, 6) is 0.247. The Balaban J connectivity index is 1.63. The maximum Gasteiger partial charge on any atom is 0.322 e. The monoisotopic (exact) mass is 430 g/mol. The van der Waals surface area contributed by atoms with Gasteiger partial charge in [-0.2, -0.15) is 0 Å². The van der Waals surface area contributed by atoms with E-state index in [4.69, 9.17) is 0 Å². The van der Waals surface area contributed by atoms with Crippen molar-refractivity contribution in [3.05, 3.63) is 52.8 Å². The molecular weight excluding hydrogens is 408 g/mol. The lowest BCUT2D eigenvalue weighted by atomic mass is 10.0. The maximum absolute atomic E-state index is 12.7. The Morgan fingerprint density at radius 1 is 1.11 bits per heavy atom. The van der Waals surface area contributed by atoms with Gasteiger partial charge < -0.3 is 15.5 Å². The number of urea groups is 1. The first-order valence-corrected chi connectivity index (χ1v) is 9.83. The Labute approximate surface area is 167 Å². The number of hydrogen-bond donors (Lipinski definition) is 2. The molecule has 3 amide bonds. The Morgan fingerprint density at radius 3 is 2.44 bits per heavy atom. The van der Waals surface area contributed by atoms with Crippen molar-refractivity contribution in [2.45, 2.75) is 38.6 Å². The van der Waals surface area contributed by atoms with E-state index < -0.39 is 6.04 Å². The molecule has 0 bridgehead atoms. The molecule has 1 aromatic heterocycles. The smallest absolute Gasteiger partial charge is 0.322 e. The maximum atomic E-state index is 12.7. The second kappa shape index (κ2) is 8.52. The molecule has 27 heavy (non-hydrogen) atoms. The number of nitrogens with one attached hydrogen (secondary N) is 2. The van der Waals surface area contributed by atoms with E-state index in [1.165, 1.54) is 5.56 Å². The topological polar surface area (TPSA) is 74.3 Å². The van der Waals surface area contributed by atoms with E-state index >= 15 is 0 Å². The number of anilines is 2. The van der Waals surface area contributed by atoms with E-state index in [-0.39, 0.29) is 11.9 Å². The van der Waals surface area contributed by atoms with Gasteiger partial charge in [-0.25, -0.2) is 9.78 Å². The number of hydrogen-bond acceptors (Lipinski definition) is 3. The number of carbonyl (C=O) groups is 2. The Morgan fingerprint density at radius 2 is 1.81 bits per heavy atom. The van der Waals surface area contributed by atoms with E-state index in [1.807, 2.05) is 24.3 Å². The summed E-state index contributed by atoms with van der Waals surface area (Å²) >= 11 is 3.27. The third-order valence-electron chi connectivity index (χ3n) is 4.64. The summed E-state index contributed by atoms with van der Waals surface area (Å²) in [4.78, 5) is 31.0. The molecule has 0 saturated carbocycles. The van der Waals surface area contributed by atoms with Gasteiger partial charge in [0.05, 0.1) is 11.9 Å². The number of benzene rings is 1. The molecule has 1 fully saturated rings. The molecule has 0 radical (unpaired) electrons. The molecule has 1 atom stereocenters. The molecule has 1 aromatic carbocycles. The summed E-state index contributed by atoms with van der Waals surface area (Å²) in [6.45, 7) is 4.82. The fourth-order valence-electron chi connectivity index (χ4n) is 3.10. The van der Waals surface area contributed by atoms with Crippen molar-refractivity contribution in [3.63, 3.8) is 0 Å². The molecule has 2 N–H and O–H groups in total. The van der Waals surface area contributed by atoms with Crippen molar-refractivity contribution in [2.24, 2.45) is 0 Å². The van der Waals surface area contributed by atoms with Gasteiger partial charge in [0, 0.05) is 12.2 Å². The van der Waals surface area contributed by atoms with Gasteiger partial charge in [0.15, 0.2) is 0 Å².